The Kier molecular flexibility index (Phi) is 32.3. The van der Waals surface area contributed by atoms with Crippen molar-refractivity contribution in [1.29, 1.82) is 0 Å². The highest BCUT2D eigenvalue weighted by atomic mass is 16.7. The maximum Gasteiger partial charge on any atom is 0.306 e. The lowest BCUT2D eigenvalue weighted by atomic mass is 9.99. The van der Waals surface area contributed by atoms with Gasteiger partial charge in [0.2, 0.25) is 0 Å². The maximum absolute atomic E-state index is 12.7. The van der Waals surface area contributed by atoms with E-state index in [1.807, 2.05) is 0 Å². The number of ether oxygens (including phenoxy) is 4. The van der Waals surface area contributed by atoms with E-state index in [1.165, 1.54) is 57.8 Å². The van der Waals surface area contributed by atoms with E-state index in [9.17, 15) is 25.2 Å². The molecular weight excluding hydrogens is 660 g/mol. The quantitative estimate of drug-likeness (QED) is 0.0291. The Morgan fingerprint density at radius 3 is 1.79 bits per heavy atom. The van der Waals surface area contributed by atoms with Crippen molar-refractivity contribution in [2.75, 3.05) is 26.4 Å². The van der Waals surface area contributed by atoms with Crippen molar-refractivity contribution >= 4 is 5.97 Å². The Balaban J connectivity index is 2.32. The van der Waals surface area contributed by atoms with Gasteiger partial charge in [0.1, 0.15) is 30.5 Å². The molecule has 0 aromatic heterocycles. The van der Waals surface area contributed by atoms with Gasteiger partial charge in [-0.15, -0.1) is 0 Å². The lowest BCUT2D eigenvalue weighted by Crippen LogP contribution is -2.59. The van der Waals surface area contributed by atoms with Gasteiger partial charge in [0.15, 0.2) is 6.29 Å². The molecular formula is C43H76O9. The number of aliphatic hydroxyl groups excluding tert-OH is 4. The summed E-state index contributed by atoms with van der Waals surface area (Å²) >= 11 is 0. The first kappa shape index (κ1) is 48.2. The summed E-state index contributed by atoms with van der Waals surface area (Å²) in [6.07, 6.45) is 34.2. The minimum atomic E-state index is -1.54. The molecule has 6 atom stereocenters. The van der Waals surface area contributed by atoms with E-state index in [4.69, 9.17) is 18.9 Å². The van der Waals surface area contributed by atoms with Gasteiger partial charge in [-0.05, 0) is 70.6 Å². The lowest BCUT2D eigenvalue weighted by Gasteiger charge is -2.39. The largest absolute Gasteiger partial charge is 0.457 e. The molecule has 1 heterocycles. The highest BCUT2D eigenvalue weighted by Gasteiger charge is 2.44. The van der Waals surface area contributed by atoms with E-state index < -0.39 is 43.4 Å². The van der Waals surface area contributed by atoms with Gasteiger partial charge >= 0.3 is 5.97 Å². The normalized spacial score (nSPS) is 21.7. The van der Waals surface area contributed by atoms with Crippen LogP contribution in [0.5, 0.6) is 0 Å². The predicted octanol–water partition coefficient (Wildman–Crippen LogP) is 8.58. The monoisotopic (exact) mass is 737 g/mol. The van der Waals surface area contributed by atoms with Crippen LogP contribution in [0.15, 0.2) is 48.6 Å². The van der Waals surface area contributed by atoms with Crippen LogP contribution < -0.4 is 0 Å². The maximum atomic E-state index is 12.7. The topological polar surface area (TPSA) is 135 Å². The molecule has 0 radical (unpaired) electrons. The molecule has 1 saturated heterocycles. The van der Waals surface area contributed by atoms with Crippen LogP contribution in [0.4, 0.5) is 0 Å². The summed E-state index contributed by atoms with van der Waals surface area (Å²) < 4.78 is 22.7. The second kappa shape index (κ2) is 34.9. The molecule has 0 aromatic rings. The minimum Gasteiger partial charge on any atom is -0.457 e. The van der Waals surface area contributed by atoms with Crippen molar-refractivity contribution in [1.82, 2.24) is 0 Å². The molecule has 0 aliphatic carbocycles. The number of unbranched alkanes of at least 4 members (excludes halogenated alkanes) is 15. The molecule has 0 aromatic carbocycles. The van der Waals surface area contributed by atoms with Crippen molar-refractivity contribution in [2.45, 2.75) is 192 Å². The first-order valence-corrected chi connectivity index (χ1v) is 20.7. The summed E-state index contributed by atoms with van der Waals surface area (Å²) in [4.78, 5) is 12.7. The molecule has 0 amide bonds. The molecule has 302 valence electrons. The van der Waals surface area contributed by atoms with Crippen LogP contribution in [-0.2, 0) is 23.7 Å². The van der Waals surface area contributed by atoms with E-state index in [1.54, 1.807) is 0 Å². The van der Waals surface area contributed by atoms with E-state index in [0.29, 0.717) is 13.0 Å². The second-order valence-electron chi connectivity index (χ2n) is 14.0. The fourth-order valence-corrected chi connectivity index (χ4v) is 5.97. The smallest absolute Gasteiger partial charge is 0.306 e. The molecule has 0 bridgehead atoms. The molecule has 0 spiro atoms. The van der Waals surface area contributed by atoms with Gasteiger partial charge in [-0.3, -0.25) is 4.79 Å². The average Bonchev–Trinajstić information content (AvgIpc) is 3.14. The minimum absolute atomic E-state index is 0.123. The van der Waals surface area contributed by atoms with Crippen LogP contribution in [0.1, 0.15) is 155 Å². The van der Waals surface area contributed by atoms with Crippen molar-refractivity contribution in [3.63, 3.8) is 0 Å². The highest BCUT2D eigenvalue weighted by Crippen LogP contribution is 2.22. The fraction of sp³-hybridized carbons (Fsp3) is 0.791. The van der Waals surface area contributed by atoms with Gasteiger partial charge in [0, 0.05) is 13.0 Å². The lowest BCUT2D eigenvalue weighted by molar-refractivity contribution is -0.305. The zero-order chi connectivity index (χ0) is 37.9. The first-order valence-electron chi connectivity index (χ1n) is 20.7. The average molecular weight is 737 g/mol. The molecule has 0 saturated carbocycles. The SMILES string of the molecule is CC/C=C\C/C=C\C/C=C\CCCCCCCCOCC(COC1OC(CO)C(O)C(O)C1O)OC(=O)CCCCCCC/C=C\CCCCCC. The number of aliphatic hydroxyl groups is 4. The second-order valence-corrected chi connectivity index (χ2v) is 14.0. The first-order chi connectivity index (χ1) is 25.4. The number of carbonyl (C=O) groups excluding carboxylic acids is 1. The number of esters is 1. The molecule has 1 aliphatic heterocycles. The summed E-state index contributed by atoms with van der Waals surface area (Å²) in [7, 11) is 0. The molecule has 9 heteroatoms. The van der Waals surface area contributed by atoms with Gasteiger partial charge in [0.05, 0.1) is 19.8 Å². The van der Waals surface area contributed by atoms with E-state index >= 15 is 0 Å². The van der Waals surface area contributed by atoms with Crippen LogP contribution in [0, 0.1) is 0 Å². The van der Waals surface area contributed by atoms with Gasteiger partial charge in [-0.1, -0.05) is 127 Å². The van der Waals surface area contributed by atoms with Gasteiger partial charge in [-0.25, -0.2) is 0 Å². The van der Waals surface area contributed by atoms with E-state index in [0.717, 1.165) is 77.0 Å². The number of hydrogen-bond donors (Lipinski definition) is 4. The van der Waals surface area contributed by atoms with Crippen molar-refractivity contribution in [3.05, 3.63) is 48.6 Å². The van der Waals surface area contributed by atoms with Crippen LogP contribution in [-0.4, -0.2) is 89.6 Å². The Labute approximate surface area is 316 Å². The third-order valence-corrected chi connectivity index (χ3v) is 9.23. The third-order valence-electron chi connectivity index (χ3n) is 9.23. The van der Waals surface area contributed by atoms with Crippen molar-refractivity contribution in [2.24, 2.45) is 0 Å². The Morgan fingerprint density at radius 1 is 0.635 bits per heavy atom. The standard InChI is InChI=1S/C43H76O9/c1-3-5-7-9-11-13-15-17-18-19-21-23-25-27-29-31-33-49-35-37(36-50-43-42(48)41(47)40(46)38(34-44)52-43)51-39(45)32-30-28-26-24-22-20-16-14-12-10-8-6-4-2/h5,7,11,13-14,16-18,37-38,40-44,46-48H,3-4,6,8-10,12,15,19-36H2,1-2H3/b7-5-,13-11-,16-14-,18-17-. The molecule has 6 unspecified atom stereocenters. The Morgan fingerprint density at radius 2 is 1.17 bits per heavy atom. The zero-order valence-electron chi connectivity index (χ0n) is 32.8. The summed E-state index contributed by atoms with van der Waals surface area (Å²) in [5.74, 6) is -0.330. The van der Waals surface area contributed by atoms with E-state index in [2.05, 4.69) is 62.5 Å². The van der Waals surface area contributed by atoms with Crippen LogP contribution in [0.3, 0.4) is 0 Å². The number of hydrogen-bond acceptors (Lipinski definition) is 9. The number of rotatable bonds is 34. The van der Waals surface area contributed by atoms with Gasteiger partial charge < -0.3 is 39.4 Å². The Hall–Kier alpha value is -1.85. The number of allylic oxidation sites excluding steroid dienone is 8. The predicted molar refractivity (Wildman–Crippen MR) is 210 cm³/mol. The van der Waals surface area contributed by atoms with Crippen LogP contribution in [0.2, 0.25) is 0 Å². The van der Waals surface area contributed by atoms with Crippen LogP contribution in [0.25, 0.3) is 0 Å². The summed E-state index contributed by atoms with van der Waals surface area (Å²) in [6, 6.07) is 0. The van der Waals surface area contributed by atoms with Crippen molar-refractivity contribution in [3.8, 4) is 0 Å². The molecule has 52 heavy (non-hydrogen) atoms. The van der Waals surface area contributed by atoms with Crippen LogP contribution >= 0.6 is 0 Å². The van der Waals surface area contributed by atoms with Gasteiger partial charge in [-0.2, -0.15) is 0 Å². The van der Waals surface area contributed by atoms with E-state index in [-0.39, 0.29) is 19.2 Å². The fourth-order valence-electron chi connectivity index (χ4n) is 5.97. The molecule has 1 fully saturated rings. The molecule has 4 N–H and O–H groups in total. The third kappa shape index (κ3) is 26.0. The summed E-state index contributed by atoms with van der Waals surface area (Å²) in [5, 5.41) is 40.0. The number of carbonyl (C=O) groups is 1. The van der Waals surface area contributed by atoms with Gasteiger partial charge in [0.25, 0.3) is 0 Å². The highest BCUT2D eigenvalue weighted by molar-refractivity contribution is 5.69. The molecule has 9 nitrogen and oxygen atoms in total. The molecule has 1 rings (SSSR count). The molecule has 1 aliphatic rings. The summed E-state index contributed by atoms with van der Waals surface area (Å²) in [5.41, 5.74) is 0. The van der Waals surface area contributed by atoms with Crippen molar-refractivity contribution < 1.29 is 44.2 Å². The Bertz CT molecular complexity index is 932. The zero-order valence-corrected chi connectivity index (χ0v) is 32.8. The summed E-state index contributed by atoms with van der Waals surface area (Å²) in [6.45, 7) is 4.38.